The molecule has 1 aliphatic carbocycles. The number of nitrogens with one attached hydrogen (secondary N) is 1. The Labute approximate surface area is 120 Å². The number of ether oxygens (including phenoxy) is 1. The van der Waals surface area contributed by atoms with E-state index in [4.69, 9.17) is 4.74 Å². The second kappa shape index (κ2) is 8.26. The zero-order valence-electron chi connectivity index (χ0n) is 13.8. The minimum Gasteiger partial charge on any atom is -0.381 e. The Morgan fingerprint density at radius 2 is 1.79 bits per heavy atom. The van der Waals surface area contributed by atoms with Crippen LogP contribution in [0.25, 0.3) is 0 Å². The zero-order valence-corrected chi connectivity index (χ0v) is 13.8. The summed E-state index contributed by atoms with van der Waals surface area (Å²) in [5.74, 6) is 2.43. The third-order valence-electron chi connectivity index (χ3n) is 4.30. The molecule has 0 aromatic carbocycles. The number of hydrogen-bond donors (Lipinski definition) is 1. The van der Waals surface area contributed by atoms with Gasteiger partial charge in [0.15, 0.2) is 0 Å². The van der Waals surface area contributed by atoms with Gasteiger partial charge in [0.2, 0.25) is 0 Å². The van der Waals surface area contributed by atoms with Crippen molar-refractivity contribution in [1.82, 2.24) is 5.32 Å². The molecule has 1 atom stereocenters. The van der Waals surface area contributed by atoms with Gasteiger partial charge in [0.25, 0.3) is 0 Å². The van der Waals surface area contributed by atoms with Gasteiger partial charge in [0.1, 0.15) is 0 Å². The molecule has 1 aliphatic rings. The van der Waals surface area contributed by atoms with Gasteiger partial charge < -0.3 is 10.1 Å². The predicted octanol–water partition coefficient (Wildman–Crippen LogP) is 4.10. The second-order valence-electron chi connectivity index (χ2n) is 7.50. The molecule has 1 unspecified atom stereocenters. The van der Waals surface area contributed by atoms with Crippen molar-refractivity contribution >= 4 is 0 Å². The summed E-state index contributed by atoms with van der Waals surface area (Å²) < 4.78 is 5.82. The van der Waals surface area contributed by atoms with Crippen LogP contribution in [0.5, 0.6) is 0 Å². The fraction of sp³-hybridized carbons (Fsp3) is 1.00. The largest absolute Gasteiger partial charge is 0.381 e. The van der Waals surface area contributed by atoms with Crippen LogP contribution in [0.4, 0.5) is 0 Å². The van der Waals surface area contributed by atoms with E-state index < -0.39 is 0 Å². The summed E-state index contributed by atoms with van der Waals surface area (Å²) in [5.41, 5.74) is 0.451. The van der Waals surface area contributed by atoms with Crippen LogP contribution < -0.4 is 5.32 Å². The normalized spacial score (nSPS) is 19.1. The Kier molecular flexibility index (Phi) is 7.38. The van der Waals surface area contributed by atoms with E-state index in [-0.39, 0.29) is 0 Å². The van der Waals surface area contributed by atoms with Crippen molar-refractivity contribution < 1.29 is 4.74 Å². The third kappa shape index (κ3) is 7.31. The second-order valence-corrected chi connectivity index (χ2v) is 7.50. The third-order valence-corrected chi connectivity index (χ3v) is 4.30. The maximum absolute atomic E-state index is 5.82. The lowest BCUT2D eigenvalue weighted by atomic mass is 9.81. The summed E-state index contributed by atoms with van der Waals surface area (Å²) in [5, 5.41) is 3.65. The van der Waals surface area contributed by atoms with Crippen LogP contribution in [0.3, 0.4) is 0 Å². The van der Waals surface area contributed by atoms with Crippen molar-refractivity contribution in [2.24, 2.45) is 23.2 Å². The standard InChI is InChI=1S/C17H35NO/c1-14(2)8-10-19-11-9-17(5,16-6-7-16)13-18-12-15(3)4/h14-16,18H,6-13H2,1-5H3. The van der Waals surface area contributed by atoms with Crippen molar-refractivity contribution in [1.29, 1.82) is 0 Å². The van der Waals surface area contributed by atoms with Gasteiger partial charge in [0, 0.05) is 19.8 Å². The molecule has 2 nitrogen and oxygen atoms in total. The van der Waals surface area contributed by atoms with Gasteiger partial charge >= 0.3 is 0 Å². The predicted molar refractivity (Wildman–Crippen MR) is 83.4 cm³/mol. The van der Waals surface area contributed by atoms with E-state index in [9.17, 15) is 0 Å². The fourth-order valence-corrected chi connectivity index (χ4v) is 2.59. The SMILES string of the molecule is CC(C)CCOCCC(C)(CNCC(C)C)C1CC1. The van der Waals surface area contributed by atoms with E-state index in [2.05, 4.69) is 39.9 Å². The zero-order chi connectivity index (χ0) is 14.3. The average Bonchev–Trinajstić information content (AvgIpc) is 3.11. The molecule has 19 heavy (non-hydrogen) atoms. The molecule has 0 heterocycles. The van der Waals surface area contributed by atoms with E-state index in [1.165, 1.54) is 25.7 Å². The number of hydrogen-bond acceptors (Lipinski definition) is 2. The summed E-state index contributed by atoms with van der Waals surface area (Å²) in [4.78, 5) is 0. The van der Waals surface area contributed by atoms with Crippen LogP contribution >= 0.6 is 0 Å². The molecule has 0 aromatic rings. The highest BCUT2D eigenvalue weighted by atomic mass is 16.5. The van der Waals surface area contributed by atoms with Gasteiger partial charge in [-0.25, -0.2) is 0 Å². The smallest absolute Gasteiger partial charge is 0.0471 e. The van der Waals surface area contributed by atoms with Gasteiger partial charge in [0.05, 0.1) is 0 Å². The van der Waals surface area contributed by atoms with Crippen molar-refractivity contribution in [3.63, 3.8) is 0 Å². The maximum atomic E-state index is 5.82. The molecule has 0 radical (unpaired) electrons. The van der Waals surface area contributed by atoms with Gasteiger partial charge in [-0.15, -0.1) is 0 Å². The minimum atomic E-state index is 0.451. The van der Waals surface area contributed by atoms with Crippen molar-refractivity contribution in [3.05, 3.63) is 0 Å². The van der Waals surface area contributed by atoms with Gasteiger partial charge in [-0.3, -0.25) is 0 Å². The molecule has 1 saturated carbocycles. The lowest BCUT2D eigenvalue weighted by molar-refractivity contribution is 0.0830. The molecule has 0 saturated heterocycles. The summed E-state index contributed by atoms with van der Waals surface area (Å²) in [6.45, 7) is 15.7. The van der Waals surface area contributed by atoms with Crippen molar-refractivity contribution in [3.8, 4) is 0 Å². The lowest BCUT2D eigenvalue weighted by Gasteiger charge is -2.30. The van der Waals surface area contributed by atoms with Crippen LogP contribution in [0, 0.1) is 23.2 Å². The highest BCUT2D eigenvalue weighted by Gasteiger charge is 2.40. The molecule has 0 amide bonds. The quantitative estimate of drug-likeness (QED) is 0.570. The maximum Gasteiger partial charge on any atom is 0.0471 e. The van der Waals surface area contributed by atoms with Crippen LogP contribution in [0.1, 0.15) is 60.3 Å². The molecule has 0 bridgehead atoms. The van der Waals surface area contributed by atoms with E-state index in [0.717, 1.165) is 44.1 Å². The summed E-state index contributed by atoms with van der Waals surface area (Å²) in [6.07, 6.45) is 5.24. The van der Waals surface area contributed by atoms with Crippen molar-refractivity contribution in [2.75, 3.05) is 26.3 Å². The van der Waals surface area contributed by atoms with E-state index in [0.29, 0.717) is 5.41 Å². The molecule has 1 fully saturated rings. The van der Waals surface area contributed by atoms with Gasteiger partial charge in [-0.05, 0) is 55.4 Å². The van der Waals surface area contributed by atoms with Crippen LogP contribution in [-0.4, -0.2) is 26.3 Å². The Morgan fingerprint density at radius 3 is 2.32 bits per heavy atom. The summed E-state index contributed by atoms with van der Waals surface area (Å²) in [7, 11) is 0. The van der Waals surface area contributed by atoms with E-state index in [1.807, 2.05) is 0 Å². The van der Waals surface area contributed by atoms with Crippen LogP contribution in [-0.2, 0) is 4.74 Å². The Bertz CT molecular complexity index is 235. The molecular weight excluding hydrogens is 234 g/mol. The van der Waals surface area contributed by atoms with E-state index >= 15 is 0 Å². The number of rotatable bonds is 11. The molecule has 114 valence electrons. The Morgan fingerprint density at radius 1 is 1.11 bits per heavy atom. The first kappa shape index (κ1) is 17.0. The first-order valence-corrected chi connectivity index (χ1v) is 8.22. The fourth-order valence-electron chi connectivity index (χ4n) is 2.59. The van der Waals surface area contributed by atoms with Crippen LogP contribution in [0.15, 0.2) is 0 Å². The molecule has 0 spiro atoms. The van der Waals surface area contributed by atoms with E-state index in [1.54, 1.807) is 0 Å². The Hall–Kier alpha value is -0.0800. The summed E-state index contributed by atoms with van der Waals surface area (Å²) in [6, 6.07) is 0. The molecule has 1 rings (SSSR count). The Balaban J connectivity index is 2.19. The molecule has 0 aromatic heterocycles. The first-order valence-electron chi connectivity index (χ1n) is 8.22. The lowest BCUT2D eigenvalue weighted by Crippen LogP contribution is -2.36. The minimum absolute atomic E-state index is 0.451. The van der Waals surface area contributed by atoms with Crippen molar-refractivity contribution in [2.45, 2.75) is 60.3 Å². The molecular formula is C17H35NO. The average molecular weight is 269 g/mol. The van der Waals surface area contributed by atoms with Crippen LogP contribution in [0.2, 0.25) is 0 Å². The molecule has 2 heteroatoms. The topological polar surface area (TPSA) is 21.3 Å². The highest BCUT2D eigenvalue weighted by Crippen LogP contribution is 2.47. The highest BCUT2D eigenvalue weighted by molar-refractivity contribution is 4.92. The van der Waals surface area contributed by atoms with Gasteiger partial charge in [-0.2, -0.15) is 0 Å². The monoisotopic (exact) mass is 269 g/mol. The molecule has 1 N–H and O–H groups in total. The first-order chi connectivity index (χ1) is 8.94. The molecule has 0 aliphatic heterocycles. The summed E-state index contributed by atoms with van der Waals surface area (Å²) >= 11 is 0. The van der Waals surface area contributed by atoms with Gasteiger partial charge in [-0.1, -0.05) is 34.6 Å².